The molecular weight excluding hydrogens is 742 g/mol. The van der Waals surface area contributed by atoms with Crippen LogP contribution in [0.4, 0.5) is 18.9 Å². The third-order valence-corrected chi connectivity index (χ3v) is 8.88. The number of pyridine rings is 1. The van der Waals surface area contributed by atoms with Crippen LogP contribution >= 0.6 is 23.2 Å². The van der Waals surface area contributed by atoms with Crippen LogP contribution in [0.5, 0.6) is 0 Å². The van der Waals surface area contributed by atoms with Gasteiger partial charge in [-0.05, 0) is 43.2 Å². The molecule has 268 valence electrons. The third-order valence-electron chi connectivity index (χ3n) is 7.61. The second-order valence-electron chi connectivity index (χ2n) is 11.3. The van der Waals surface area contributed by atoms with E-state index in [4.69, 9.17) is 33.1 Å². The van der Waals surface area contributed by atoms with Gasteiger partial charge >= 0.3 is 12.1 Å². The van der Waals surface area contributed by atoms with Crippen LogP contribution in [0.3, 0.4) is 0 Å². The monoisotopic (exact) mass is 767 g/mol. The zero-order chi connectivity index (χ0) is 37.2. The highest BCUT2D eigenvalue weighted by Crippen LogP contribution is 2.33. The average molecular weight is 769 g/mol. The molecule has 0 spiro atoms. The van der Waals surface area contributed by atoms with Crippen molar-refractivity contribution in [1.82, 2.24) is 38.7 Å². The predicted octanol–water partition coefficient (Wildman–Crippen LogP) is 4.85. The number of carboxylic acid groups (broad SMARTS) is 1. The molecule has 51 heavy (non-hydrogen) atoms. The van der Waals surface area contributed by atoms with Crippen molar-refractivity contribution < 1.29 is 36.3 Å². The second-order valence-corrected chi connectivity index (χ2v) is 14.0. The van der Waals surface area contributed by atoms with Gasteiger partial charge in [0.15, 0.2) is 5.15 Å². The number of nitrogens with one attached hydrogen (secondary N) is 1. The van der Waals surface area contributed by atoms with E-state index in [-0.39, 0.29) is 33.9 Å². The van der Waals surface area contributed by atoms with Crippen molar-refractivity contribution in [2.45, 2.75) is 38.4 Å². The number of fused-ring (bicyclic) bond motifs is 4. The van der Waals surface area contributed by atoms with Gasteiger partial charge in [0, 0.05) is 34.3 Å². The fraction of sp³-hybridized carbons (Fsp3) is 0.267. The molecule has 21 heteroatoms. The molecule has 4 aromatic heterocycles. The van der Waals surface area contributed by atoms with E-state index in [0.717, 1.165) is 10.3 Å². The van der Waals surface area contributed by atoms with Gasteiger partial charge in [-0.25, -0.2) is 22.9 Å². The van der Waals surface area contributed by atoms with E-state index in [0.29, 0.717) is 52.5 Å². The molecule has 0 aliphatic carbocycles. The summed E-state index contributed by atoms with van der Waals surface area (Å²) in [5.41, 5.74) is 2.77. The van der Waals surface area contributed by atoms with Crippen LogP contribution in [0.15, 0.2) is 66.1 Å². The number of nitrogens with zero attached hydrogens (tertiary/aromatic N) is 8. The summed E-state index contributed by atoms with van der Waals surface area (Å²) in [6, 6.07) is 9.38. The van der Waals surface area contributed by atoms with Gasteiger partial charge in [-0.3, -0.25) is 19.1 Å². The Labute approximate surface area is 296 Å². The lowest BCUT2D eigenvalue weighted by molar-refractivity contribution is -0.192. The number of carbonyl (C=O) groups is 2. The van der Waals surface area contributed by atoms with E-state index in [1.165, 1.54) is 34.0 Å². The minimum atomic E-state index is -5.08. The van der Waals surface area contributed by atoms with Gasteiger partial charge in [-0.2, -0.15) is 22.4 Å². The third kappa shape index (κ3) is 8.61. The maximum absolute atomic E-state index is 13.7. The molecule has 1 aliphatic heterocycles. The number of hydrogen-bond donors (Lipinski definition) is 2. The molecule has 5 heterocycles. The maximum atomic E-state index is 13.7. The van der Waals surface area contributed by atoms with Crippen LogP contribution < -0.4 is 10.9 Å². The van der Waals surface area contributed by atoms with Gasteiger partial charge in [0.2, 0.25) is 5.91 Å². The van der Waals surface area contributed by atoms with Crippen molar-refractivity contribution >= 4 is 50.8 Å². The molecule has 0 unspecified atom stereocenters. The minimum absolute atomic E-state index is 0.202. The summed E-state index contributed by atoms with van der Waals surface area (Å²) in [5, 5.41) is 22.7. The van der Waals surface area contributed by atoms with Crippen LogP contribution in [0, 0.1) is 5.92 Å². The summed E-state index contributed by atoms with van der Waals surface area (Å²) >= 11 is 12.3. The van der Waals surface area contributed by atoms with Gasteiger partial charge in [0.1, 0.15) is 5.69 Å². The number of halogens is 5. The van der Waals surface area contributed by atoms with Crippen molar-refractivity contribution in [3.05, 3.63) is 87.5 Å². The smallest absolute Gasteiger partial charge is 0.475 e. The lowest BCUT2D eigenvalue weighted by Gasteiger charge is -2.22. The summed E-state index contributed by atoms with van der Waals surface area (Å²) in [5.74, 6) is -3.41. The number of carboxylic acids is 1. The largest absolute Gasteiger partial charge is 0.490 e. The van der Waals surface area contributed by atoms with E-state index in [2.05, 4.69) is 30.7 Å². The van der Waals surface area contributed by atoms with Crippen molar-refractivity contribution in [1.29, 1.82) is 0 Å². The van der Waals surface area contributed by atoms with Gasteiger partial charge in [-0.1, -0.05) is 41.8 Å². The van der Waals surface area contributed by atoms with Gasteiger partial charge in [0.05, 0.1) is 53.8 Å². The Bertz CT molecular complexity index is 2290. The van der Waals surface area contributed by atoms with Crippen LogP contribution in [-0.2, 0) is 19.6 Å². The number of benzene rings is 1. The number of aliphatic carboxylic acids is 1. The number of amides is 1. The number of carbonyl (C=O) groups excluding carboxylic acids is 1. The van der Waals surface area contributed by atoms with Crippen molar-refractivity contribution in [3.8, 4) is 28.2 Å². The summed E-state index contributed by atoms with van der Waals surface area (Å²) in [7, 11) is -3.73. The molecule has 0 radical (unpaired) electrons. The minimum Gasteiger partial charge on any atom is -0.475 e. The van der Waals surface area contributed by atoms with Gasteiger partial charge < -0.3 is 10.4 Å². The van der Waals surface area contributed by atoms with Crippen LogP contribution in [0.1, 0.15) is 37.9 Å². The second kappa shape index (κ2) is 14.6. The molecule has 1 aromatic carbocycles. The van der Waals surface area contributed by atoms with E-state index in [9.17, 15) is 31.2 Å². The van der Waals surface area contributed by atoms with Crippen molar-refractivity contribution in [2.24, 2.45) is 5.92 Å². The first-order valence-corrected chi connectivity index (χ1v) is 17.4. The van der Waals surface area contributed by atoms with Gasteiger partial charge in [0.25, 0.3) is 15.6 Å². The van der Waals surface area contributed by atoms with Gasteiger partial charge in [-0.15, -0.1) is 5.10 Å². The van der Waals surface area contributed by atoms with Crippen molar-refractivity contribution in [2.75, 3.05) is 11.6 Å². The average Bonchev–Trinajstić information content (AvgIpc) is 3.69. The number of hydrogen-bond acceptors (Lipinski definition) is 10. The lowest BCUT2D eigenvalue weighted by Crippen LogP contribution is -2.27. The number of aromatic nitrogens is 8. The summed E-state index contributed by atoms with van der Waals surface area (Å²) in [6.07, 6.45) is 3.38. The Hall–Kier alpha value is -5.14. The normalized spacial score (nSPS) is 16.5. The highest BCUT2D eigenvalue weighted by atomic mass is 35.5. The lowest BCUT2D eigenvalue weighted by atomic mass is 9.97. The molecule has 6 rings (SSSR count). The SMILES string of the molecule is C[C@@H]1CCC[C@H](n2cnc(-c3cc(Cl)ccc3-n3cc(Cl)nn3)cc2=O)c2cc(ccn2)-c2nn(S(C)(=O)=O)cc2NC1=O.O=C(O)C(F)(F)F. The number of rotatable bonds is 4. The fourth-order valence-corrected chi connectivity index (χ4v) is 5.93. The molecule has 0 saturated carbocycles. The van der Waals surface area contributed by atoms with Crippen LogP contribution in [-0.4, -0.2) is 76.5 Å². The Balaban J connectivity index is 0.000000654. The highest BCUT2D eigenvalue weighted by Gasteiger charge is 2.38. The molecule has 0 fully saturated rings. The maximum Gasteiger partial charge on any atom is 0.490 e. The zero-order valence-corrected chi connectivity index (χ0v) is 28.7. The Morgan fingerprint density at radius 2 is 1.78 bits per heavy atom. The zero-order valence-electron chi connectivity index (χ0n) is 26.4. The Morgan fingerprint density at radius 1 is 1.06 bits per heavy atom. The molecule has 5 aromatic rings. The quantitative estimate of drug-likeness (QED) is 0.254. The van der Waals surface area contributed by atoms with Crippen molar-refractivity contribution in [3.63, 3.8) is 0 Å². The Morgan fingerprint density at radius 3 is 2.41 bits per heavy atom. The molecule has 2 atom stereocenters. The number of alkyl halides is 3. The number of anilines is 1. The molecular formula is C30H26Cl2F3N9O6S. The summed E-state index contributed by atoms with van der Waals surface area (Å²) in [6.45, 7) is 1.79. The molecule has 2 N–H and O–H groups in total. The first-order valence-electron chi connectivity index (χ1n) is 14.8. The summed E-state index contributed by atoms with van der Waals surface area (Å²) in [4.78, 5) is 44.8. The first-order chi connectivity index (χ1) is 23.9. The standard InChI is InChI=1S/C28H25Cl2N9O4S.C2HF3O2/c1-16-4-3-5-24(21-10-17(8-9-31-21)27-22(33-28(16)41)13-39(35-27)44(2,42)43)37-15-32-20(12-26(37)40)19-11-18(29)6-7-23(19)38-14-25(30)34-36-38;3-2(4,5)1(6)7/h6-16,24H,3-5H2,1-2H3,(H,33,41);(H,6,7)/t16-,24+;/m1./s1. The van der Waals surface area contributed by atoms with E-state index < -0.39 is 28.2 Å². The molecule has 2 bridgehead atoms. The van der Waals surface area contributed by atoms with E-state index in [1.54, 1.807) is 43.5 Å². The highest BCUT2D eigenvalue weighted by molar-refractivity contribution is 7.89. The molecule has 1 aliphatic rings. The van der Waals surface area contributed by atoms with E-state index in [1.807, 2.05) is 0 Å². The molecule has 15 nitrogen and oxygen atoms in total. The van der Waals surface area contributed by atoms with Crippen LogP contribution in [0.25, 0.3) is 28.2 Å². The first kappa shape index (κ1) is 37.1. The fourth-order valence-electron chi connectivity index (χ4n) is 5.11. The van der Waals surface area contributed by atoms with E-state index >= 15 is 0 Å². The predicted molar refractivity (Wildman–Crippen MR) is 178 cm³/mol. The topological polar surface area (TPSA) is 197 Å². The molecule has 0 saturated heterocycles. The molecule has 1 amide bonds. The van der Waals surface area contributed by atoms with Crippen LogP contribution in [0.2, 0.25) is 10.2 Å². The Kier molecular flexibility index (Phi) is 10.6. The summed E-state index contributed by atoms with van der Waals surface area (Å²) < 4.78 is 60.1.